The summed E-state index contributed by atoms with van der Waals surface area (Å²) < 4.78 is 21.1. The largest absolute Gasteiger partial charge is 0.369 e. The highest BCUT2D eigenvalue weighted by Gasteiger charge is 2.24. The minimum Gasteiger partial charge on any atom is -0.369 e. The van der Waals surface area contributed by atoms with Gasteiger partial charge in [0.15, 0.2) is 0 Å². The van der Waals surface area contributed by atoms with E-state index in [1.807, 2.05) is 30.8 Å². The van der Waals surface area contributed by atoms with Gasteiger partial charge in [0.1, 0.15) is 11.9 Å². The van der Waals surface area contributed by atoms with Crippen molar-refractivity contribution >= 4 is 0 Å². The van der Waals surface area contributed by atoms with Gasteiger partial charge in [-0.2, -0.15) is 5.10 Å². The summed E-state index contributed by atoms with van der Waals surface area (Å²) in [6.45, 7) is 7.33. The summed E-state index contributed by atoms with van der Waals surface area (Å²) in [4.78, 5) is 7.15. The lowest BCUT2D eigenvalue weighted by Crippen LogP contribution is -2.38. The molecule has 3 aromatic rings. The maximum Gasteiger partial charge on any atom is 0.123 e. The van der Waals surface area contributed by atoms with Gasteiger partial charge in [-0.15, -0.1) is 0 Å². The van der Waals surface area contributed by atoms with E-state index in [0.29, 0.717) is 6.61 Å². The smallest absolute Gasteiger partial charge is 0.123 e. The van der Waals surface area contributed by atoms with E-state index in [0.717, 1.165) is 48.7 Å². The Kier molecular flexibility index (Phi) is 5.74. The molecular formula is C23H27FN4O. The lowest BCUT2D eigenvalue weighted by molar-refractivity contribution is -0.0351. The van der Waals surface area contributed by atoms with Gasteiger partial charge in [-0.1, -0.05) is 12.1 Å². The highest BCUT2D eigenvalue weighted by atomic mass is 19.1. The van der Waals surface area contributed by atoms with Crippen molar-refractivity contribution in [1.82, 2.24) is 19.7 Å². The predicted octanol–water partition coefficient (Wildman–Crippen LogP) is 3.74. The molecule has 0 amide bonds. The van der Waals surface area contributed by atoms with Gasteiger partial charge in [-0.25, -0.2) is 4.39 Å². The molecule has 152 valence electrons. The summed E-state index contributed by atoms with van der Waals surface area (Å²) in [5, 5.41) is 4.45. The van der Waals surface area contributed by atoms with Crippen LogP contribution in [0.3, 0.4) is 0 Å². The first-order valence-corrected chi connectivity index (χ1v) is 10.0. The molecular weight excluding hydrogens is 367 g/mol. The standard InChI is InChI=1S/C23H27FN4O/c1-16-10-19(11-18-4-6-21(24)7-5-18)12-22(25-16)23-15-28(8-9-29-23)14-20-13-27(3)26-17(20)2/h4-7,10,12-13,23H,8-9,11,14-15H2,1-3H3/t23-/m0/s1. The van der Waals surface area contributed by atoms with Gasteiger partial charge in [0.2, 0.25) is 0 Å². The Morgan fingerprint density at radius 3 is 2.66 bits per heavy atom. The number of ether oxygens (including phenoxy) is 1. The highest BCUT2D eigenvalue weighted by molar-refractivity contribution is 5.29. The number of rotatable bonds is 5. The first-order valence-electron chi connectivity index (χ1n) is 10.0. The molecule has 29 heavy (non-hydrogen) atoms. The van der Waals surface area contributed by atoms with Crippen molar-refractivity contribution in [1.29, 1.82) is 0 Å². The number of pyridine rings is 1. The monoisotopic (exact) mass is 394 g/mol. The number of aryl methyl sites for hydroxylation is 3. The molecule has 0 unspecified atom stereocenters. The third kappa shape index (κ3) is 4.89. The SMILES string of the molecule is Cc1cc(Cc2ccc(F)cc2)cc([C@@H]2CN(Cc3cn(C)nc3C)CCO2)n1. The fourth-order valence-corrected chi connectivity index (χ4v) is 3.94. The second-order valence-electron chi connectivity index (χ2n) is 7.85. The Morgan fingerprint density at radius 1 is 1.14 bits per heavy atom. The van der Waals surface area contributed by atoms with Crippen molar-refractivity contribution in [3.8, 4) is 0 Å². The molecule has 4 rings (SSSR count). The average Bonchev–Trinajstić information content (AvgIpc) is 3.00. The van der Waals surface area contributed by atoms with Crippen molar-refractivity contribution in [2.45, 2.75) is 32.9 Å². The number of nitrogens with zero attached hydrogens (tertiary/aromatic N) is 4. The summed E-state index contributed by atoms with van der Waals surface area (Å²) >= 11 is 0. The Hall–Kier alpha value is -2.57. The molecule has 0 aliphatic carbocycles. The van der Waals surface area contributed by atoms with Crippen LogP contribution in [-0.4, -0.2) is 39.4 Å². The first-order chi connectivity index (χ1) is 14.0. The molecule has 1 fully saturated rings. The summed E-state index contributed by atoms with van der Waals surface area (Å²) in [6.07, 6.45) is 2.79. The van der Waals surface area contributed by atoms with Crippen LogP contribution >= 0.6 is 0 Å². The average molecular weight is 394 g/mol. The minimum absolute atomic E-state index is 0.0485. The topological polar surface area (TPSA) is 43.2 Å². The van der Waals surface area contributed by atoms with Crippen molar-refractivity contribution in [3.05, 3.63) is 82.2 Å². The Balaban J connectivity index is 1.49. The van der Waals surface area contributed by atoms with E-state index in [9.17, 15) is 4.39 Å². The van der Waals surface area contributed by atoms with Crippen LogP contribution in [0.4, 0.5) is 4.39 Å². The van der Waals surface area contributed by atoms with E-state index in [2.05, 4.69) is 35.3 Å². The van der Waals surface area contributed by atoms with Gasteiger partial charge in [-0.05, 0) is 55.7 Å². The molecule has 1 aromatic carbocycles. The molecule has 1 aliphatic rings. The third-order valence-electron chi connectivity index (χ3n) is 5.34. The second-order valence-corrected chi connectivity index (χ2v) is 7.85. The van der Waals surface area contributed by atoms with Crippen LogP contribution in [0, 0.1) is 19.7 Å². The van der Waals surface area contributed by atoms with Gasteiger partial charge < -0.3 is 4.74 Å². The fraction of sp³-hybridized carbons (Fsp3) is 0.391. The lowest BCUT2D eigenvalue weighted by Gasteiger charge is -2.32. The molecule has 0 N–H and O–H groups in total. The van der Waals surface area contributed by atoms with Crippen molar-refractivity contribution in [2.75, 3.05) is 19.7 Å². The van der Waals surface area contributed by atoms with Crippen molar-refractivity contribution < 1.29 is 9.13 Å². The van der Waals surface area contributed by atoms with Crippen LogP contribution in [0.2, 0.25) is 0 Å². The predicted molar refractivity (Wildman–Crippen MR) is 110 cm³/mol. The number of aromatic nitrogens is 3. The molecule has 2 aromatic heterocycles. The van der Waals surface area contributed by atoms with Crippen molar-refractivity contribution in [2.24, 2.45) is 7.05 Å². The molecule has 1 saturated heterocycles. The van der Waals surface area contributed by atoms with Gasteiger partial charge >= 0.3 is 0 Å². The molecule has 6 heteroatoms. The summed E-state index contributed by atoms with van der Waals surface area (Å²) in [5.74, 6) is -0.208. The molecule has 0 saturated carbocycles. The lowest BCUT2D eigenvalue weighted by atomic mass is 10.0. The molecule has 0 radical (unpaired) electrons. The zero-order valence-electron chi connectivity index (χ0n) is 17.2. The maximum absolute atomic E-state index is 13.2. The highest BCUT2D eigenvalue weighted by Crippen LogP contribution is 2.24. The van der Waals surface area contributed by atoms with Crippen LogP contribution in [0.5, 0.6) is 0 Å². The summed E-state index contributed by atoms with van der Waals surface area (Å²) in [6, 6.07) is 10.9. The van der Waals surface area contributed by atoms with Gasteiger partial charge in [-0.3, -0.25) is 14.6 Å². The molecule has 5 nitrogen and oxygen atoms in total. The van der Waals surface area contributed by atoms with Crippen LogP contribution in [-0.2, 0) is 24.8 Å². The molecule has 3 heterocycles. The van der Waals surface area contributed by atoms with Gasteiger partial charge in [0.05, 0.1) is 18.0 Å². The van der Waals surface area contributed by atoms with E-state index in [1.165, 1.54) is 23.3 Å². The number of morpholine rings is 1. The van der Waals surface area contributed by atoms with E-state index < -0.39 is 0 Å². The maximum atomic E-state index is 13.2. The normalized spacial score (nSPS) is 17.6. The van der Waals surface area contributed by atoms with E-state index >= 15 is 0 Å². The van der Waals surface area contributed by atoms with Crippen molar-refractivity contribution in [3.63, 3.8) is 0 Å². The molecule has 1 aliphatic heterocycles. The van der Waals surface area contributed by atoms with E-state index in [-0.39, 0.29) is 11.9 Å². The summed E-state index contributed by atoms with van der Waals surface area (Å²) in [5.41, 5.74) is 6.52. The van der Waals surface area contributed by atoms with Crippen LogP contribution in [0.25, 0.3) is 0 Å². The number of hydrogen-bond acceptors (Lipinski definition) is 4. The Morgan fingerprint density at radius 2 is 1.93 bits per heavy atom. The number of benzene rings is 1. The number of halogens is 1. The van der Waals surface area contributed by atoms with E-state index in [4.69, 9.17) is 9.72 Å². The van der Waals surface area contributed by atoms with E-state index in [1.54, 1.807) is 0 Å². The fourth-order valence-electron chi connectivity index (χ4n) is 3.94. The zero-order chi connectivity index (χ0) is 20.4. The van der Waals surface area contributed by atoms with Crippen LogP contribution in [0.15, 0.2) is 42.6 Å². The van der Waals surface area contributed by atoms with Crippen LogP contribution in [0.1, 0.15) is 39.9 Å². The molecule has 0 spiro atoms. The second kappa shape index (κ2) is 8.43. The van der Waals surface area contributed by atoms with Crippen LogP contribution < -0.4 is 0 Å². The summed E-state index contributed by atoms with van der Waals surface area (Å²) in [7, 11) is 1.96. The quantitative estimate of drug-likeness (QED) is 0.661. The third-order valence-corrected chi connectivity index (χ3v) is 5.34. The molecule has 1 atom stereocenters. The first kappa shape index (κ1) is 19.7. The zero-order valence-corrected chi connectivity index (χ0v) is 17.2. The number of hydrogen-bond donors (Lipinski definition) is 0. The van der Waals surface area contributed by atoms with Gasteiger partial charge in [0, 0.05) is 44.1 Å². The Bertz CT molecular complexity index is 983. The molecule has 0 bridgehead atoms. The van der Waals surface area contributed by atoms with Gasteiger partial charge in [0.25, 0.3) is 0 Å². The Labute approximate surface area is 171 Å². The minimum atomic E-state index is -0.208.